The summed E-state index contributed by atoms with van der Waals surface area (Å²) >= 11 is 0. The number of halogens is 3. The Morgan fingerprint density at radius 3 is 2.21 bits per heavy atom. The molecule has 0 fully saturated rings. The van der Waals surface area contributed by atoms with Crippen molar-refractivity contribution in [2.24, 2.45) is 0 Å². The van der Waals surface area contributed by atoms with Gasteiger partial charge in [-0.25, -0.2) is 0 Å². The van der Waals surface area contributed by atoms with E-state index in [2.05, 4.69) is 0 Å². The number of rotatable bonds is 6. The summed E-state index contributed by atoms with van der Waals surface area (Å²) in [4.78, 5) is 11.2. The van der Waals surface area contributed by atoms with Crippen LogP contribution in [-0.4, -0.2) is 11.1 Å². The van der Waals surface area contributed by atoms with Crippen LogP contribution in [0.25, 0.3) is 11.1 Å². The molecule has 0 aromatic heterocycles. The van der Waals surface area contributed by atoms with Gasteiger partial charge in [0.25, 0.3) is 0 Å². The van der Waals surface area contributed by atoms with E-state index in [4.69, 9.17) is 9.84 Å². The number of carboxylic acids is 1. The standard InChI is InChI=1S/C23H19F3O3/c1-15(17-5-3-2-4-6-17)29-21-12-16(13-22(27)28)11-19(14-21)18-7-9-20(10-8-18)23(24,25)26/h2-12,14-15H,13H2,1H3,(H,27,28). The molecule has 0 bridgehead atoms. The average molecular weight is 400 g/mol. The van der Waals surface area contributed by atoms with Gasteiger partial charge in [0.15, 0.2) is 0 Å². The second kappa shape index (κ2) is 8.39. The Balaban J connectivity index is 1.94. The Morgan fingerprint density at radius 1 is 0.966 bits per heavy atom. The first-order chi connectivity index (χ1) is 13.7. The van der Waals surface area contributed by atoms with Crippen LogP contribution >= 0.6 is 0 Å². The van der Waals surface area contributed by atoms with Crippen molar-refractivity contribution in [2.45, 2.75) is 25.6 Å². The average Bonchev–Trinajstić information content (AvgIpc) is 2.67. The Hall–Kier alpha value is -3.28. The zero-order chi connectivity index (χ0) is 21.0. The zero-order valence-electron chi connectivity index (χ0n) is 15.6. The van der Waals surface area contributed by atoms with Gasteiger partial charge in [-0.15, -0.1) is 0 Å². The highest BCUT2D eigenvalue weighted by Gasteiger charge is 2.30. The molecule has 150 valence electrons. The number of hydrogen-bond acceptors (Lipinski definition) is 2. The Kier molecular flexibility index (Phi) is 5.92. The molecule has 0 spiro atoms. The lowest BCUT2D eigenvalue weighted by Gasteiger charge is -2.17. The van der Waals surface area contributed by atoms with Gasteiger partial charge in [0.2, 0.25) is 0 Å². The van der Waals surface area contributed by atoms with E-state index in [0.717, 1.165) is 17.7 Å². The summed E-state index contributed by atoms with van der Waals surface area (Å²) in [5, 5.41) is 9.14. The van der Waals surface area contributed by atoms with Crippen molar-refractivity contribution < 1.29 is 27.8 Å². The molecule has 0 aliphatic rings. The minimum atomic E-state index is -4.41. The second-order valence-electron chi connectivity index (χ2n) is 6.68. The van der Waals surface area contributed by atoms with Crippen LogP contribution in [0.1, 0.15) is 29.7 Å². The maximum Gasteiger partial charge on any atom is 0.416 e. The number of ether oxygens (including phenoxy) is 1. The van der Waals surface area contributed by atoms with Crippen LogP contribution in [0.15, 0.2) is 72.8 Å². The molecule has 0 amide bonds. The molecule has 1 atom stereocenters. The first-order valence-electron chi connectivity index (χ1n) is 8.97. The van der Waals surface area contributed by atoms with Gasteiger partial charge in [0.05, 0.1) is 12.0 Å². The number of benzene rings is 3. The van der Waals surface area contributed by atoms with Crippen molar-refractivity contribution in [3.8, 4) is 16.9 Å². The molecule has 29 heavy (non-hydrogen) atoms. The van der Waals surface area contributed by atoms with Crippen LogP contribution < -0.4 is 4.74 Å². The van der Waals surface area contributed by atoms with Gasteiger partial charge < -0.3 is 9.84 Å². The van der Waals surface area contributed by atoms with Gasteiger partial charge >= 0.3 is 12.1 Å². The fourth-order valence-electron chi connectivity index (χ4n) is 3.02. The van der Waals surface area contributed by atoms with E-state index in [-0.39, 0.29) is 12.5 Å². The molecule has 0 saturated heterocycles. The summed E-state index contributed by atoms with van der Waals surface area (Å²) < 4.78 is 44.4. The van der Waals surface area contributed by atoms with Crippen LogP contribution in [-0.2, 0) is 17.4 Å². The van der Waals surface area contributed by atoms with Gasteiger partial charge in [-0.3, -0.25) is 4.79 Å². The molecule has 3 aromatic rings. The number of aliphatic carboxylic acids is 1. The van der Waals surface area contributed by atoms with E-state index < -0.39 is 17.7 Å². The molecule has 6 heteroatoms. The quantitative estimate of drug-likeness (QED) is 0.541. The van der Waals surface area contributed by atoms with Crippen molar-refractivity contribution in [1.29, 1.82) is 0 Å². The minimum absolute atomic E-state index is 0.218. The Labute approximate surface area is 166 Å². The van der Waals surface area contributed by atoms with E-state index in [1.165, 1.54) is 12.1 Å². The first kappa shape index (κ1) is 20.5. The molecule has 0 heterocycles. The van der Waals surface area contributed by atoms with Crippen LogP contribution in [0, 0.1) is 0 Å². The van der Waals surface area contributed by atoms with Crippen LogP contribution in [0.4, 0.5) is 13.2 Å². The highest BCUT2D eigenvalue weighted by Crippen LogP contribution is 2.33. The molecule has 0 aliphatic heterocycles. The molecular weight excluding hydrogens is 381 g/mol. The smallest absolute Gasteiger partial charge is 0.416 e. The Morgan fingerprint density at radius 2 is 1.62 bits per heavy atom. The molecule has 3 rings (SSSR count). The highest BCUT2D eigenvalue weighted by molar-refractivity contribution is 5.73. The highest BCUT2D eigenvalue weighted by atomic mass is 19.4. The fraction of sp³-hybridized carbons (Fsp3) is 0.174. The van der Waals surface area contributed by atoms with Crippen molar-refractivity contribution in [3.05, 3.63) is 89.5 Å². The van der Waals surface area contributed by atoms with Gasteiger partial charge in [-0.2, -0.15) is 13.2 Å². The predicted octanol–water partition coefficient (Wildman–Crippen LogP) is 6.14. The normalized spacial score (nSPS) is 12.4. The molecule has 0 saturated carbocycles. The molecule has 0 radical (unpaired) electrons. The lowest BCUT2D eigenvalue weighted by atomic mass is 10.00. The van der Waals surface area contributed by atoms with Crippen molar-refractivity contribution in [3.63, 3.8) is 0 Å². The van der Waals surface area contributed by atoms with E-state index >= 15 is 0 Å². The maximum atomic E-state index is 12.8. The van der Waals surface area contributed by atoms with Gasteiger partial charge in [0.1, 0.15) is 11.9 Å². The first-order valence-corrected chi connectivity index (χ1v) is 8.97. The van der Waals surface area contributed by atoms with Crippen LogP contribution in [0.5, 0.6) is 5.75 Å². The van der Waals surface area contributed by atoms with E-state index in [1.54, 1.807) is 18.2 Å². The van der Waals surface area contributed by atoms with Gasteiger partial charge in [-0.1, -0.05) is 48.5 Å². The number of alkyl halides is 3. The molecule has 3 aromatic carbocycles. The summed E-state index contributed by atoms with van der Waals surface area (Å²) in [7, 11) is 0. The van der Waals surface area contributed by atoms with Gasteiger partial charge in [0, 0.05) is 0 Å². The summed E-state index contributed by atoms with van der Waals surface area (Å²) in [5.74, 6) is -0.549. The summed E-state index contributed by atoms with van der Waals surface area (Å²) in [6.45, 7) is 1.87. The second-order valence-corrected chi connectivity index (χ2v) is 6.68. The van der Waals surface area contributed by atoms with Crippen LogP contribution in [0.3, 0.4) is 0 Å². The van der Waals surface area contributed by atoms with Crippen molar-refractivity contribution in [2.75, 3.05) is 0 Å². The maximum absolute atomic E-state index is 12.8. The fourth-order valence-corrected chi connectivity index (χ4v) is 3.02. The summed E-state index contributed by atoms with van der Waals surface area (Å²) in [5.41, 5.74) is 1.85. The summed E-state index contributed by atoms with van der Waals surface area (Å²) in [6, 6.07) is 19.3. The van der Waals surface area contributed by atoms with E-state index in [0.29, 0.717) is 22.4 Å². The van der Waals surface area contributed by atoms with Crippen LogP contribution in [0.2, 0.25) is 0 Å². The predicted molar refractivity (Wildman–Crippen MR) is 104 cm³/mol. The van der Waals surface area contributed by atoms with Crippen molar-refractivity contribution in [1.82, 2.24) is 0 Å². The largest absolute Gasteiger partial charge is 0.486 e. The molecule has 0 aliphatic carbocycles. The SMILES string of the molecule is CC(Oc1cc(CC(=O)O)cc(-c2ccc(C(F)(F)F)cc2)c1)c1ccccc1. The topological polar surface area (TPSA) is 46.5 Å². The third kappa shape index (κ3) is 5.38. The minimum Gasteiger partial charge on any atom is -0.486 e. The third-order valence-electron chi connectivity index (χ3n) is 4.45. The number of hydrogen-bond donors (Lipinski definition) is 1. The number of carbonyl (C=O) groups is 1. The van der Waals surface area contributed by atoms with E-state index in [9.17, 15) is 18.0 Å². The van der Waals surface area contributed by atoms with Gasteiger partial charge in [-0.05, 0) is 53.4 Å². The van der Waals surface area contributed by atoms with E-state index in [1.807, 2.05) is 37.3 Å². The molecule has 1 N–H and O–H groups in total. The number of carboxylic acid groups (broad SMARTS) is 1. The lowest BCUT2D eigenvalue weighted by Crippen LogP contribution is -2.05. The third-order valence-corrected chi connectivity index (χ3v) is 4.45. The molecule has 3 nitrogen and oxygen atoms in total. The Bertz CT molecular complexity index is 980. The van der Waals surface area contributed by atoms with Crippen molar-refractivity contribution >= 4 is 5.97 Å². The monoisotopic (exact) mass is 400 g/mol. The molecular formula is C23H19F3O3. The molecule has 1 unspecified atom stereocenters. The summed E-state index contributed by atoms with van der Waals surface area (Å²) in [6.07, 6.45) is -4.91. The lowest BCUT2D eigenvalue weighted by molar-refractivity contribution is -0.138. The zero-order valence-corrected chi connectivity index (χ0v) is 15.6.